The molecule has 1 saturated heterocycles. The van der Waals surface area contributed by atoms with Gasteiger partial charge in [-0.15, -0.1) is 0 Å². The zero-order valence-electron chi connectivity index (χ0n) is 19.5. The Kier molecular flexibility index (Phi) is 8.89. The first-order valence-corrected chi connectivity index (χ1v) is 13.0. The van der Waals surface area contributed by atoms with Gasteiger partial charge in [0.1, 0.15) is 12.3 Å². The Bertz CT molecular complexity index is 1060. The molecule has 2 aromatic carbocycles. The van der Waals surface area contributed by atoms with Gasteiger partial charge >= 0.3 is 0 Å². The number of hydrogen-bond donors (Lipinski definition) is 1. The number of rotatable bonds is 10. The van der Waals surface area contributed by atoms with Gasteiger partial charge in [-0.05, 0) is 54.8 Å². The highest BCUT2D eigenvalue weighted by atomic mass is 32.2. The van der Waals surface area contributed by atoms with Crippen LogP contribution in [0.2, 0.25) is 0 Å². The number of carbonyl (C=O) groups excluding carboxylic acids is 2. The third-order valence-electron chi connectivity index (χ3n) is 5.51. The molecule has 9 nitrogen and oxygen atoms in total. The predicted molar refractivity (Wildman–Crippen MR) is 130 cm³/mol. The molecule has 1 N–H and O–H groups in total. The highest BCUT2D eigenvalue weighted by Gasteiger charge is 2.22. The van der Waals surface area contributed by atoms with Crippen molar-refractivity contribution in [3.05, 3.63) is 59.7 Å². The number of hydrogen-bond acceptors (Lipinski definition) is 6. The first kappa shape index (κ1) is 25.5. The number of ether oxygens (including phenoxy) is 2. The van der Waals surface area contributed by atoms with E-state index in [0.717, 1.165) is 34.7 Å². The molecule has 1 heterocycles. The fourth-order valence-corrected chi connectivity index (χ4v) is 4.47. The van der Waals surface area contributed by atoms with Crippen molar-refractivity contribution in [1.82, 2.24) is 10.2 Å². The molecule has 0 atom stereocenters. The second kappa shape index (κ2) is 11.8. The number of amides is 2. The maximum Gasteiger partial charge on any atom is 0.254 e. The molecule has 2 amide bonds. The molecule has 3 rings (SSSR count). The smallest absolute Gasteiger partial charge is 0.254 e. The molecule has 1 fully saturated rings. The maximum atomic E-state index is 12.6. The third-order valence-corrected chi connectivity index (χ3v) is 6.65. The Hall–Kier alpha value is -3.11. The number of anilines is 1. The molecule has 0 spiro atoms. The molecule has 1 aliphatic rings. The van der Waals surface area contributed by atoms with Gasteiger partial charge in [-0.1, -0.05) is 12.1 Å². The Labute approximate surface area is 200 Å². The Balaban J connectivity index is 1.54. The van der Waals surface area contributed by atoms with Crippen molar-refractivity contribution in [2.75, 3.05) is 57.1 Å². The summed E-state index contributed by atoms with van der Waals surface area (Å²) in [6.45, 7) is 2.14. The second-order valence-electron chi connectivity index (χ2n) is 8.02. The van der Waals surface area contributed by atoms with E-state index in [9.17, 15) is 18.0 Å². The summed E-state index contributed by atoms with van der Waals surface area (Å²) in [5.41, 5.74) is 1.91. The normalized spacial score (nSPS) is 13.9. The lowest BCUT2D eigenvalue weighted by atomic mass is 10.1. The summed E-state index contributed by atoms with van der Waals surface area (Å²) < 4.78 is 36.1. The highest BCUT2D eigenvalue weighted by Crippen LogP contribution is 2.19. The molecule has 34 heavy (non-hydrogen) atoms. The molecule has 0 bridgehead atoms. The van der Waals surface area contributed by atoms with Crippen LogP contribution in [0, 0.1) is 0 Å². The number of nitrogens with zero attached hydrogens (tertiary/aromatic N) is 2. The zero-order valence-corrected chi connectivity index (χ0v) is 20.3. The fourth-order valence-electron chi connectivity index (χ4n) is 3.62. The standard InChI is InChI=1S/C24H31N3O6S/c1-32-22-11-5-19(6-12-22)4-3-13-25-23(28)18-27(34(2,30)31)21-9-7-20(8-10-21)24(29)26-14-16-33-17-15-26/h5-12H,3-4,13-18H2,1-2H3,(H,25,28). The fraction of sp³-hybridized carbons (Fsp3) is 0.417. The second-order valence-corrected chi connectivity index (χ2v) is 9.93. The number of benzene rings is 2. The van der Waals surface area contributed by atoms with Gasteiger partial charge in [0.2, 0.25) is 15.9 Å². The molecule has 0 aliphatic carbocycles. The lowest BCUT2D eigenvalue weighted by Gasteiger charge is -2.27. The lowest BCUT2D eigenvalue weighted by Crippen LogP contribution is -2.41. The van der Waals surface area contributed by atoms with E-state index >= 15 is 0 Å². The summed E-state index contributed by atoms with van der Waals surface area (Å²) in [6, 6.07) is 14.0. The van der Waals surface area contributed by atoms with Gasteiger partial charge in [-0.3, -0.25) is 13.9 Å². The number of carbonyl (C=O) groups is 2. The van der Waals surface area contributed by atoms with Crippen LogP contribution in [0.1, 0.15) is 22.3 Å². The van der Waals surface area contributed by atoms with Gasteiger partial charge in [0.25, 0.3) is 5.91 Å². The minimum atomic E-state index is -3.70. The Morgan fingerprint density at radius 2 is 1.71 bits per heavy atom. The molecular weight excluding hydrogens is 458 g/mol. The summed E-state index contributed by atoms with van der Waals surface area (Å²) in [4.78, 5) is 26.7. The molecule has 2 aromatic rings. The van der Waals surface area contributed by atoms with E-state index in [1.54, 1.807) is 36.3 Å². The van der Waals surface area contributed by atoms with Crippen molar-refractivity contribution >= 4 is 27.5 Å². The van der Waals surface area contributed by atoms with E-state index in [0.29, 0.717) is 44.1 Å². The molecule has 184 valence electrons. The summed E-state index contributed by atoms with van der Waals surface area (Å²) in [5.74, 6) is 0.264. The van der Waals surface area contributed by atoms with E-state index in [2.05, 4.69) is 5.32 Å². The summed E-state index contributed by atoms with van der Waals surface area (Å²) in [5, 5.41) is 2.78. The minimum absolute atomic E-state index is 0.129. The van der Waals surface area contributed by atoms with Gasteiger partial charge < -0.3 is 19.7 Å². The first-order valence-electron chi connectivity index (χ1n) is 11.1. The van der Waals surface area contributed by atoms with Crippen LogP contribution >= 0.6 is 0 Å². The van der Waals surface area contributed by atoms with Gasteiger partial charge in [0, 0.05) is 25.2 Å². The SMILES string of the molecule is COc1ccc(CCCNC(=O)CN(c2ccc(C(=O)N3CCOCC3)cc2)S(C)(=O)=O)cc1. The van der Waals surface area contributed by atoms with Crippen molar-refractivity contribution in [1.29, 1.82) is 0 Å². The maximum absolute atomic E-state index is 12.6. The molecule has 0 aromatic heterocycles. The highest BCUT2D eigenvalue weighted by molar-refractivity contribution is 7.92. The Morgan fingerprint density at radius 1 is 1.06 bits per heavy atom. The molecule has 0 radical (unpaired) electrons. The van der Waals surface area contributed by atoms with Crippen molar-refractivity contribution in [3.63, 3.8) is 0 Å². The van der Waals surface area contributed by atoms with Crippen LogP contribution in [0.15, 0.2) is 48.5 Å². The van der Waals surface area contributed by atoms with Gasteiger partial charge in [-0.25, -0.2) is 8.42 Å². The molecule has 0 saturated carbocycles. The monoisotopic (exact) mass is 489 g/mol. The van der Waals surface area contributed by atoms with Crippen LogP contribution in [0.25, 0.3) is 0 Å². The zero-order chi connectivity index (χ0) is 24.6. The van der Waals surface area contributed by atoms with Gasteiger partial charge in [0.05, 0.1) is 32.3 Å². The van der Waals surface area contributed by atoms with Crippen LogP contribution in [-0.2, 0) is 26.0 Å². The third kappa shape index (κ3) is 7.19. The quantitative estimate of drug-likeness (QED) is 0.509. The van der Waals surface area contributed by atoms with Crippen LogP contribution < -0.4 is 14.4 Å². The predicted octanol–water partition coefficient (Wildman–Crippen LogP) is 1.68. The largest absolute Gasteiger partial charge is 0.497 e. The van der Waals surface area contributed by atoms with Crippen LogP contribution in [0.3, 0.4) is 0 Å². The van der Waals surface area contributed by atoms with Crippen molar-refractivity contribution < 1.29 is 27.5 Å². The van der Waals surface area contributed by atoms with Crippen molar-refractivity contribution in [2.45, 2.75) is 12.8 Å². The van der Waals surface area contributed by atoms with Crippen LogP contribution in [0.5, 0.6) is 5.75 Å². The number of aryl methyl sites for hydroxylation is 1. The summed E-state index contributed by atoms with van der Waals surface area (Å²) >= 11 is 0. The lowest BCUT2D eigenvalue weighted by molar-refractivity contribution is -0.119. The number of morpholine rings is 1. The van der Waals surface area contributed by atoms with E-state index in [1.165, 1.54) is 0 Å². The average molecular weight is 490 g/mol. The van der Waals surface area contributed by atoms with E-state index < -0.39 is 15.9 Å². The number of methoxy groups -OCH3 is 1. The average Bonchev–Trinajstić information content (AvgIpc) is 2.85. The number of nitrogens with one attached hydrogen (secondary N) is 1. The van der Waals surface area contributed by atoms with Crippen LogP contribution in [-0.4, -0.2) is 77.9 Å². The first-order chi connectivity index (χ1) is 16.3. The van der Waals surface area contributed by atoms with Crippen molar-refractivity contribution in [3.8, 4) is 5.75 Å². The summed E-state index contributed by atoms with van der Waals surface area (Å²) in [7, 11) is -2.08. The van der Waals surface area contributed by atoms with Gasteiger partial charge in [0.15, 0.2) is 0 Å². The van der Waals surface area contributed by atoms with Gasteiger partial charge in [-0.2, -0.15) is 0 Å². The van der Waals surface area contributed by atoms with E-state index in [4.69, 9.17) is 9.47 Å². The van der Waals surface area contributed by atoms with E-state index in [-0.39, 0.29) is 12.5 Å². The van der Waals surface area contributed by atoms with E-state index in [1.807, 2.05) is 24.3 Å². The van der Waals surface area contributed by atoms with Crippen molar-refractivity contribution in [2.24, 2.45) is 0 Å². The Morgan fingerprint density at radius 3 is 2.29 bits per heavy atom. The molecule has 10 heteroatoms. The molecule has 0 unspecified atom stereocenters. The number of sulfonamides is 1. The summed E-state index contributed by atoms with van der Waals surface area (Å²) in [6.07, 6.45) is 2.55. The minimum Gasteiger partial charge on any atom is -0.497 e. The molecule has 1 aliphatic heterocycles. The van der Waals surface area contributed by atoms with Crippen LogP contribution in [0.4, 0.5) is 5.69 Å². The topological polar surface area (TPSA) is 105 Å². The molecular formula is C24H31N3O6S.